The second-order valence-corrected chi connectivity index (χ2v) is 3.04. The summed E-state index contributed by atoms with van der Waals surface area (Å²) in [4.78, 5) is 10.6. The predicted octanol–water partition coefficient (Wildman–Crippen LogP) is 0.562. The van der Waals surface area contributed by atoms with Crippen LogP contribution in [0, 0.1) is 0 Å². The van der Waals surface area contributed by atoms with Gasteiger partial charge in [0.1, 0.15) is 5.75 Å². The van der Waals surface area contributed by atoms with Crippen molar-refractivity contribution in [3.8, 4) is 5.75 Å². The fourth-order valence-corrected chi connectivity index (χ4v) is 1.05. The predicted molar refractivity (Wildman–Crippen MR) is 51.8 cm³/mol. The molecule has 0 aliphatic heterocycles. The Balaban J connectivity index is 2.56. The highest BCUT2D eigenvalue weighted by Crippen LogP contribution is 2.15. The molecule has 0 heterocycles. The highest BCUT2D eigenvalue weighted by Gasteiger charge is 2.07. The molecular weight excluding hydrogens is 182 g/mol. The van der Waals surface area contributed by atoms with Crippen molar-refractivity contribution < 1.29 is 15.0 Å². The fraction of sp³-hybridized carbons (Fsp3) is 0.300. The van der Waals surface area contributed by atoms with Gasteiger partial charge < -0.3 is 15.5 Å². The molecule has 1 unspecified atom stereocenters. The van der Waals surface area contributed by atoms with E-state index in [0.717, 1.165) is 0 Å². The largest absolute Gasteiger partial charge is 0.508 e. The van der Waals surface area contributed by atoms with Gasteiger partial charge in [-0.25, -0.2) is 0 Å². The molecule has 1 rings (SSSR count). The van der Waals surface area contributed by atoms with E-state index < -0.39 is 6.10 Å². The third-order valence-corrected chi connectivity index (χ3v) is 1.82. The van der Waals surface area contributed by atoms with E-state index in [9.17, 15) is 9.90 Å². The lowest BCUT2D eigenvalue weighted by Gasteiger charge is -2.10. The summed E-state index contributed by atoms with van der Waals surface area (Å²) >= 11 is 0. The number of aliphatic hydroxyl groups is 1. The average molecular weight is 195 g/mol. The van der Waals surface area contributed by atoms with Gasteiger partial charge in [-0.1, -0.05) is 12.1 Å². The van der Waals surface area contributed by atoms with Gasteiger partial charge in [0.2, 0.25) is 5.91 Å². The Morgan fingerprint density at radius 1 is 1.43 bits per heavy atom. The first-order valence-corrected chi connectivity index (χ1v) is 4.31. The minimum Gasteiger partial charge on any atom is -0.508 e. The van der Waals surface area contributed by atoms with Crippen LogP contribution in [-0.2, 0) is 4.79 Å². The molecular formula is C10H13NO3. The maximum Gasteiger partial charge on any atom is 0.216 e. The van der Waals surface area contributed by atoms with Crippen LogP contribution in [0.15, 0.2) is 24.3 Å². The van der Waals surface area contributed by atoms with E-state index in [0.29, 0.717) is 5.56 Å². The topological polar surface area (TPSA) is 69.6 Å². The van der Waals surface area contributed by atoms with Gasteiger partial charge in [-0.2, -0.15) is 0 Å². The van der Waals surface area contributed by atoms with Crippen molar-refractivity contribution in [3.05, 3.63) is 29.8 Å². The number of aliphatic hydroxyl groups excluding tert-OH is 1. The van der Waals surface area contributed by atoms with E-state index in [4.69, 9.17) is 5.11 Å². The van der Waals surface area contributed by atoms with Gasteiger partial charge in [0.05, 0.1) is 6.10 Å². The second kappa shape index (κ2) is 4.62. The molecule has 3 N–H and O–H groups in total. The highest BCUT2D eigenvalue weighted by atomic mass is 16.3. The van der Waals surface area contributed by atoms with Gasteiger partial charge in [-0.15, -0.1) is 0 Å². The van der Waals surface area contributed by atoms with Crippen LogP contribution in [0.3, 0.4) is 0 Å². The zero-order valence-corrected chi connectivity index (χ0v) is 7.90. The third kappa shape index (κ3) is 3.06. The van der Waals surface area contributed by atoms with Crippen molar-refractivity contribution in [1.29, 1.82) is 0 Å². The summed E-state index contributed by atoms with van der Waals surface area (Å²) in [5.74, 6) is -0.0247. The SMILES string of the molecule is CC(=O)NCC(O)c1ccc(O)cc1. The Kier molecular flexibility index (Phi) is 3.48. The van der Waals surface area contributed by atoms with E-state index in [1.54, 1.807) is 12.1 Å². The average Bonchev–Trinajstić information content (AvgIpc) is 2.15. The summed E-state index contributed by atoms with van der Waals surface area (Å²) in [7, 11) is 0. The summed E-state index contributed by atoms with van der Waals surface area (Å²) in [6.07, 6.45) is -0.737. The van der Waals surface area contributed by atoms with Crippen molar-refractivity contribution >= 4 is 5.91 Å². The molecule has 0 aromatic heterocycles. The number of aromatic hydroxyl groups is 1. The minimum absolute atomic E-state index is 0.153. The Morgan fingerprint density at radius 3 is 2.50 bits per heavy atom. The summed E-state index contributed by atoms with van der Waals surface area (Å²) in [5.41, 5.74) is 0.663. The maximum atomic E-state index is 10.6. The molecule has 76 valence electrons. The molecule has 1 amide bonds. The molecule has 0 spiro atoms. The number of nitrogens with one attached hydrogen (secondary N) is 1. The lowest BCUT2D eigenvalue weighted by molar-refractivity contribution is -0.119. The van der Waals surface area contributed by atoms with Crippen LogP contribution < -0.4 is 5.32 Å². The monoisotopic (exact) mass is 195 g/mol. The number of hydrogen-bond donors (Lipinski definition) is 3. The van der Waals surface area contributed by atoms with Crippen LogP contribution in [0.1, 0.15) is 18.6 Å². The van der Waals surface area contributed by atoms with Gasteiger partial charge in [0.15, 0.2) is 0 Å². The highest BCUT2D eigenvalue weighted by molar-refractivity contribution is 5.72. The fourth-order valence-electron chi connectivity index (χ4n) is 1.05. The van der Waals surface area contributed by atoms with Gasteiger partial charge in [-0.05, 0) is 17.7 Å². The number of phenols is 1. The number of carbonyl (C=O) groups excluding carboxylic acids is 1. The molecule has 4 heteroatoms. The second-order valence-electron chi connectivity index (χ2n) is 3.04. The van der Waals surface area contributed by atoms with Crippen LogP contribution >= 0.6 is 0 Å². The normalized spacial score (nSPS) is 12.1. The molecule has 4 nitrogen and oxygen atoms in total. The standard InChI is InChI=1S/C10H13NO3/c1-7(12)11-6-10(14)8-2-4-9(13)5-3-8/h2-5,10,13-14H,6H2,1H3,(H,11,12). The van der Waals surface area contributed by atoms with E-state index >= 15 is 0 Å². The Hall–Kier alpha value is -1.55. The molecule has 1 atom stereocenters. The molecule has 0 saturated carbocycles. The molecule has 14 heavy (non-hydrogen) atoms. The van der Waals surface area contributed by atoms with Crippen LogP contribution in [0.5, 0.6) is 5.75 Å². The maximum absolute atomic E-state index is 10.6. The lowest BCUT2D eigenvalue weighted by atomic mass is 10.1. The van der Waals surface area contributed by atoms with Crippen molar-refractivity contribution in [2.45, 2.75) is 13.0 Å². The first-order valence-electron chi connectivity index (χ1n) is 4.31. The number of hydrogen-bond acceptors (Lipinski definition) is 3. The summed E-state index contributed by atoms with van der Waals surface area (Å²) in [5, 5.41) is 21.1. The van der Waals surface area contributed by atoms with E-state index in [-0.39, 0.29) is 18.2 Å². The number of carbonyl (C=O) groups is 1. The van der Waals surface area contributed by atoms with Crippen molar-refractivity contribution in [2.24, 2.45) is 0 Å². The lowest BCUT2D eigenvalue weighted by Crippen LogP contribution is -2.25. The third-order valence-electron chi connectivity index (χ3n) is 1.82. The number of phenolic OH excluding ortho intramolecular Hbond substituents is 1. The van der Waals surface area contributed by atoms with Crippen molar-refractivity contribution in [1.82, 2.24) is 5.32 Å². The summed E-state index contributed by atoms with van der Waals surface area (Å²) in [6.45, 7) is 1.57. The molecule has 0 fully saturated rings. The van der Waals surface area contributed by atoms with Crippen molar-refractivity contribution in [3.63, 3.8) is 0 Å². The Bertz CT molecular complexity index is 308. The number of rotatable bonds is 3. The van der Waals surface area contributed by atoms with Crippen molar-refractivity contribution in [2.75, 3.05) is 6.54 Å². The van der Waals surface area contributed by atoms with E-state index in [1.807, 2.05) is 0 Å². The van der Waals surface area contributed by atoms with Crippen LogP contribution in [0.4, 0.5) is 0 Å². The smallest absolute Gasteiger partial charge is 0.216 e. The van der Waals surface area contributed by atoms with Crippen LogP contribution in [-0.4, -0.2) is 22.7 Å². The molecule has 0 aliphatic carbocycles. The van der Waals surface area contributed by atoms with Gasteiger partial charge in [0, 0.05) is 13.5 Å². The molecule has 0 radical (unpaired) electrons. The molecule has 0 bridgehead atoms. The van der Waals surface area contributed by atoms with Gasteiger partial charge >= 0.3 is 0 Å². The first kappa shape index (κ1) is 10.5. The first-order chi connectivity index (χ1) is 6.59. The Labute approximate surface area is 82.2 Å². The molecule has 1 aromatic rings. The quantitative estimate of drug-likeness (QED) is 0.660. The summed E-state index contributed by atoms with van der Waals surface area (Å²) in [6, 6.07) is 6.21. The molecule has 0 saturated heterocycles. The zero-order valence-electron chi connectivity index (χ0n) is 7.90. The zero-order chi connectivity index (χ0) is 10.6. The number of amides is 1. The van der Waals surface area contributed by atoms with Crippen LogP contribution in [0.25, 0.3) is 0 Å². The number of benzene rings is 1. The van der Waals surface area contributed by atoms with E-state index in [1.165, 1.54) is 19.1 Å². The minimum atomic E-state index is -0.737. The van der Waals surface area contributed by atoms with Gasteiger partial charge in [-0.3, -0.25) is 4.79 Å². The van der Waals surface area contributed by atoms with Gasteiger partial charge in [0.25, 0.3) is 0 Å². The molecule has 1 aromatic carbocycles. The van der Waals surface area contributed by atoms with Crippen LogP contribution in [0.2, 0.25) is 0 Å². The Morgan fingerprint density at radius 2 is 2.00 bits per heavy atom. The summed E-state index contributed by atoms with van der Waals surface area (Å²) < 4.78 is 0. The van der Waals surface area contributed by atoms with E-state index in [2.05, 4.69) is 5.32 Å². The molecule has 0 aliphatic rings.